The first kappa shape index (κ1) is 35.4. The molecule has 3 heterocycles. The average Bonchev–Trinajstić information content (AvgIpc) is 3.82. The second kappa shape index (κ2) is 14.9. The van der Waals surface area contributed by atoms with Gasteiger partial charge in [-0.3, -0.25) is 9.59 Å². The van der Waals surface area contributed by atoms with E-state index in [1.807, 2.05) is 103 Å². The number of benzene rings is 4. The van der Waals surface area contributed by atoms with Crippen molar-refractivity contribution in [3.63, 3.8) is 0 Å². The lowest BCUT2D eigenvalue weighted by atomic mass is 9.90. The molecule has 52 heavy (non-hydrogen) atoms. The summed E-state index contributed by atoms with van der Waals surface area (Å²) in [6, 6.07) is 30.0. The average molecular weight is 713 g/mol. The molecule has 2 amide bonds. The zero-order valence-corrected chi connectivity index (χ0v) is 28.5. The molecule has 2 N–H and O–H groups in total. The fourth-order valence-corrected chi connectivity index (χ4v) is 7.16. The first-order chi connectivity index (χ1) is 25.1. The van der Waals surface area contributed by atoms with Crippen LogP contribution >= 0.6 is 0 Å². The third-order valence-electron chi connectivity index (χ3n) is 9.97. The van der Waals surface area contributed by atoms with Crippen LogP contribution in [-0.2, 0) is 38.8 Å². The number of likely N-dealkylation sites (tertiary alicyclic amines) is 1. The highest BCUT2D eigenvalue weighted by Crippen LogP contribution is 2.43. The maximum absolute atomic E-state index is 13.1. The normalized spacial score (nSPS) is 22.1. The highest BCUT2D eigenvalue weighted by Gasteiger charge is 2.47. The van der Waals surface area contributed by atoms with E-state index in [1.54, 1.807) is 0 Å². The number of halogens is 3. The Balaban J connectivity index is 1.10. The number of para-hydroxylation sites is 2. The van der Waals surface area contributed by atoms with Crippen molar-refractivity contribution < 1.29 is 37.3 Å². The van der Waals surface area contributed by atoms with E-state index in [-0.39, 0.29) is 44.2 Å². The lowest BCUT2D eigenvalue weighted by molar-refractivity contribution is -0.276. The Morgan fingerprint density at radius 2 is 1.65 bits per heavy atom. The predicted molar refractivity (Wildman–Crippen MR) is 187 cm³/mol. The summed E-state index contributed by atoms with van der Waals surface area (Å²) in [5.74, 6) is -2.63. The number of ether oxygens (including phenoxy) is 2. The lowest BCUT2D eigenvalue weighted by Crippen LogP contribution is -2.50. The van der Waals surface area contributed by atoms with Gasteiger partial charge in [0.2, 0.25) is 5.91 Å². The summed E-state index contributed by atoms with van der Waals surface area (Å²) >= 11 is 0. The molecule has 12 heteroatoms. The number of amides is 2. The van der Waals surface area contributed by atoms with Gasteiger partial charge in [0.1, 0.15) is 6.04 Å². The smallest absolute Gasteiger partial charge is 0.392 e. The number of nitrogens with zero attached hydrogens (tertiary/aromatic N) is 3. The van der Waals surface area contributed by atoms with Crippen LogP contribution in [0.1, 0.15) is 54.4 Å². The van der Waals surface area contributed by atoms with Crippen molar-refractivity contribution in [2.75, 3.05) is 6.54 Å². The molecule has 4 aromatic carbocycles. The van der Waals surface area contributed by atoms with E-state index in [9.17, 15) is 27.9 Å². The van der Waals surface area contributed by atoms with E-state index in [0.717, 1.165) is 44.4 Å². The van der Waals surface area contributed by atoms with E-state index >= 15 is 0 Å². The third kappa shape index (κ3) is 7.45. The van der Waals surface area contributed by atoms with Crippen LogP contribution in [0.4, 0.5) is 13.2 Å². The minimum atomic E-state index is -5.03. The van der Waals surface area contributed by atoms with Crippen molar-refractivity contribution in [3.05, 3.63) is 126 Å². The van der Waals surface area contributed by atoms with Crippen LogP contribution in [-0.4, -0.2) is 56.2 Å². The topological polar surface area (TPSA) is 106 Å². The number of aromatic nitrogens is 2. The number of hydrogen-bond acceptors (Lipinski definition) is 6. The molecule has 1 aromatic heterocycles. The van der Waals surface area contributed by atoms with Gasteiger partial charge in [-0.2, -0.15) is 13.2 Å². The molecule has 0 spiro atoms. The molecule has 0 aliphatic carbocycles. The van der Waals surface area contributed by atoms with Crippen molar-refractivity contribution in [2.45, 2.75) is 70.2 Å². The molecule has 0 radical (unpaired) electrons. The Bertz CT molecular complexity index is 2050. The fraction of sp³-hybridized carbons (Fsp3) is 0.325. The summed E-state index contributed by atoms with van der Waals surface area (Å²) in [5, 5.41) is 12.3. The Morgan fingerprint density at radius 1 is 0.904 bits per heavy atom. The number of carbonyl (C=O) groups excluding carboxylic acids is 2. The monoisotopic (exact) mass is 712 g/mol. The molecule has 5 aromatic rings. The van der Waals surface area contributed by atoms with Crippen LogP contribution in [0.2, 0.25) is 0 Å². The van der Waals surface area contributed by atoms with Crippen LogP contribution in [0.3, 0.4) is 0 Å². The van der Waals surface area contributed by atoms with Gasteiger partial charge in [-0.05, 0) is 64.9 Å². The molecule has 270 valence electrons. The van der Waals surface area contributed by atoms with Gasteiger partial charge in [0.25, 0.3) is 0 Å². The van der Waals surface area contributed by atoms with E-state index in [1.165, 1.54) is 0 Å². The molecular formula is C40H39F3N4O5. The molecule has 9 nitrogen and oxygen atoms in total. The molecule has 7 rings (SSSR count). The first-order valence-electron chi connectivity index (χ1n) is 17.3. The molecular weight excluding hydrogens is 673 g/mol. The SMILES string of the molecule is C[C@@H]1[C@H](Cn2cnc3ccccc32)O[C@H](c2cccc(-c3cccc(CNC(=O)[C@@H]4CCCN4C(=O)C(F)(F)F)c3)c2)O[C@@H]1c1ccc(CO)cc1. The zero-order valence-electron chi connectivity index (χ0n) is 28.5. The summed E-state index contributed by atoms with van der Waals surface area (Å²) in [6.07, 6.45) is -3.93. The molecule has 0 unspecified atom stereocenters. The number of nitrogens with one attached hydrogen (secondary N) is 1. The summed E-state index contributed by atoms with van der Waals surface area (Å²) in [7, 11) is 0. The van der Waals surface area contributed by atoms with Crippen molar-refractivity contribution >= 4 is 22.8 Å². The Hall–Kier alpha value is -5.04. The molecule has 0 saturated carbocycles. The van der Waals surface area contributed by atoms with E-state index in [2.05, 4.69) is 21.8 Å². The number of hydrogen-bond donors (Lipinski definition) is 2. The van der Waals surface area contributed by atoms with Gasteiger partial charge in [-0.25, -0.2) is 4.98 Å². The lowest BCUT2D eigenvalue weighted by Gasteiger charge is -2.41. The van der Waals surface area contributed by atoms with Gasteiger partial charge in [0.15, 0.2) is 6.29 Å². The highest BCUT2D eigenvalue weighted by atomic mass is 19.4. The quantitative estimate of drug-likeness (QED) is 0.173. The molecule has 2 aliphatic heterocycles. The Labute approximate surface area is 299 Å². The van der Waals surface area contributed by atoms with Crippen LogP contribution in [0.15, 0.2) is 103 Å². The second-order valence-electron chi connectivity index (χ2n) is 13.4. The minimum Gasteiger partial charge on any atom is -0.392 e. The molecule has 0 bridgehead atoms. The largest absolute Gasteiger partial charge is 0.471 e. The summed E-state index contributed by atoms with van der Waals surface area (Å²) < 4.78 is 54.8. The molecule has 2 fully saturated rings. The summed E-state index contributed by atoms with van der Waals surface area (Å²) in [5.41, 5.74) is 7.03. The fourth-order valence-electron chi connectivity index (χ4n) is 7.16. The van der Waals surface area contributed by atoms with Gasteiger partial charge in [0, 0.05) is 24.6 Å². The first-order valence-corrected chi connectivity index (χ1v) is 17.3. The number of imidazole rings is 1. The van der Waals surface area contributed by atoms with E-state index < -0.39 is 30.3 Å². The number of carbonyl (C=O) groups is 2. The summed E-state index contributed by atoms with van der Waals surface area (Å²) in [6.45, 7) is 2.61. The van der Waals surface area contributed by atoms with Gasteiger partial charge >= 0.3 is 12.1 Å². The zero-order chi connectivity index (χ0) is 36.4. The van der Waals surface area contributed by atoms with Crippen molar-refractivity contribution in [2.24, 2.45) is 5.92 Å². The molecule has 5 atom stereocenters. The number of aliphatic hydroxyl groups excluding tert-OH is 1. The molecule has 2 saturated heterocycles. The van der Waals surface area contributed by atoms with Crippen molar-refractivity contribution in [1.29, 1.82) is 0 Å². The number of rotatable bonds is 9. The molecule has 2 aliphatic rings. The van der Waals surface area contributed by atoms with Crippen LogP contribution in [0.5, 0.6) is 0 Å². The van der Waals surface area contributed by atoms with Gasteiger partial charge in [-0.15, -0.1) is 0 Å². The third-order valence-corrected chi connectivity index (χ3v) is 9.97. The Morgan fingerprint density at radius 3 is 2.42 bits per heavy atom. The maximum Gasteiger partial charge on any atom is 0.471 e. The second-order valence-corrected chi connectivity index (χ2v) is 13.4. The van der Waals surface area contributed by atoms with E-state index in [0.29, 0.717) is 17.9 Å². The van der Waals surface area contributed by atoms with Crippen molar-refractivity contribution in [1.82, 2.24) is 19.8 Å². The summed E-state index contributed by atoms with van der Waals surface area (Å²) in [4.78, 5) is 29.9. The van der Waals surface area contributed by atoms with Crippen LogP contribution < -0.4 is 5.32 Å². The number of aliphatic hydroxyl groups is 1. The maximum atomic E-state index is 13.1. The minimum absolute atomic E-state index is 0.0321. The van der Waals surface area contributed by atoms with Gasteiger partial charge in [0.05, 0.1) is 42.7 Å². The Kier molecular flexibility index (Phi) is 10.1. The van der Waals surface area contributed by atoms with Crippen molar-refractivity contribution in [3.8, 4) is 11.1 Å². The standard InChI is InChI=1S/C40H39F3N4O5/c1-25-35(22-46-24-45-32-11-2-3-12-33(32)46)51-38(52-36(25)28-16-14-26(23-48)15-17-28)31-10-5-9-30(20-31)29-8-4-7-27(19-29)21-44-37(49)34-13-6-18-47(34)39(50)40(41,42)43/h2-5,7-12,14-17,19-20,24-25,34-36,38,48H,6,13,18,21-23H2,1H3,(H,44,49)/t25-,34+,35+,36+,38+/m1/s1. The van der Waals surface area contributed by atoms with Gasteiger partial charge < -0.3 is 29.4 Å². The van der Waals surface area contributed by atoms with E-state index in [4.69, 9.17) is 9.47 Å². The predicted octanol–water partition coefficient (Wildman–Crippen LogP) is 6.86. The number of alkyl halides is 3. The van der Waals surface area contributed by atoms with Crippen LogP contribution in [0.25, 0.3) is 22.2 Å². The highest BCUT2D eigenvalue weighted by molar-refractivity contribution is 5.90. The van der Waals surface area contributed by atoms with Gasteiger partial charge in [-0.1, -0.05) is 79.7 Å². The number of fused-ring (bicyclic) bond motifs is 1. The van der Waals surface area contributed by atoms with Crippen LogP contribution in [0, 0.1) is 5.92 Å².